The molecular weight excluding hydrogens is 453 g/mol. The Hall–Kier alpha value is -3.27. The quantitative estimate of drug-likeness (QED) is 0.351. The Bertz CT molecular complexity index is 1110. The molecule has 3 aromatic rings. The monoisotopic (exact) mass is 465 g/mol. The number of nitrogens with one attached hydrogen (secondary N) is 4. The van der Waals surface area contributed by atoms with E-state index in [9.17, 15) is 9.59 Å². The number of hydrazine groups is 2. The molecule has 0 aliphatic rings. The summed E-state index contributed by atoms with van der Waals surface area (Å²) in [5.41, 5.74) is 16.6. The molecule has 0 fully saturated rings. The normalized spacial score (nSPS) is 10.2. The molecule has 0 aliphatic heterocycles. The summed E-state index contributed by atoms with van der Waals surface area (Å²) in [4.78, 5) is 32.4. The van der Waals surface area contributed by atoms with E-state index in [0.717, 1.165) is 0 Å². The number of nitrogens with zero attached hydrogens (tertiary/aromatic N) is 2. The van der Waals surface area contributed by atoms with Gasteiger partial charge in [-0.2, -0.15) is 0 Å². The molecule has 0 bridgehead atoms. The van der Waals surface area contributed by atoms with E-state index in [1.165, 1.54) is 30.6 Å². The van der Waals surface area contributed by atoms with Crippen LogP contribution in [0.3, 0.4) is 0 Å². The van der Waals surface area contributed by atoms with Crippen molar-refractivity contribution in [1.82, 2.24) is 20.8 Å². The van der Waals surface area contributed by atoms with E-state index in [1.807, 2.05) is 0 Å². The fraction of sp³-hybridized carbons (Fsp3) is 0. The molecule has 1 heterocycles. The van der Waals surface area contributed by atoms with Crippen LogP contribution in [-0.4, -0.2) is 21.8 Å². The van der Waals surface area contributed by atoms with E-state index in [0.29, 0.717) is 15.6 Å². The van der Waals surface area contributed by atoms with Crippen molar-refractivity contribution >= 4 is 63.9 Å². The van der Waals surface area contributed by atoms with Gasteiger partial charge in [0, 0.05) is 15.6 Å². The zero-order valence-electron chi connectivity index (χ0n) is 15.0. The van der Waals surface area contributed by atoms with Crippen molar-refractivity contribution in [3.8, 4) is 0 Å². The van der Waals surface area contributed by atoms with E-state index in [1.54, 1.807) is 18.2 Å². The van der Waals surface area contributed by atoms with Crippen LogP contribution in [0.25, 0.3) is 0 Å². The number of rotatable bonds is 6. The van der Waals surface area contributed by atoms with Crippen LogP contribution in [0.2, 0.25) is 15.1 Å². The number of carbonyl (C=O) groups excluding carboxylic acids is 2. The first-order valence-electron chi connectivity index (χ1n) is 8.29. The highest BCUT2D eigenvalue weighted by molar-refractivity contribution is 6.36. The molecule has 0 saturated heterocycles. The fourth-order valence-corrected chi connectivity index (χ4v) is 2.95. The highest BCUT2D eigenvalue weighted by Crippen LogP contribution is 2.23. The van der Waals surface area contributed by atoms with Crippen molar-refractivity contribution in [2.24, 2.45) is 0 Å². The number of aromatic nitrogens is 2. The zero-order valence-corrected chi connectivity index (χ0v) is 17.3. The highest BCUT2D eigenvalue weighted by Gasteiger charge is 2.14. The maximum Gasteiger partial charge on any atom is 0.271 e. The Morgan fingerprint density at radius 2 is 1.47 bits per heavy atom. The molecule has 0 spiro atoms. The lowest BCUT2D eigenvalue weighted by molar-refractivity contribution is 0.0954. The summed E-state index contributed by atoms with van der Waals surface area (Å²) in [6.45, 7) is 0. The van der Waals surface area contributed by atoms with E-state index < -0.39 is 11.8 Å². The van der Waals surface area contributed by atoms with Crippen LogP contribution >= 0.6 is 34.8 Å². The van der Waals surface area contributed by atoms with Crippen LogP contribution in [0.15, 0.2) is 48.8 Å². The van der Waals surface area contributed by atoms with Gasteiger partial charge in [-0.05, 0) is 36.4 Å². The second-order valence-corrected chi connectivity index (χ2v) is 7.06. The van der Waals surface area contributed by atoms with Crippen LogP contribution < -0.4 is 27.4 Å². The Kier molecular flexibility index (Phi) is 6.78. The van der Waals surface area contributed by atoms with Gasteiger partial charge in [-0.15, -0.1) is 0 Å². The molecule has 154 valence electrons. The molecule has 0 atom stereocenters. The summed E-state index contributed by atoms with van der Waals surface area (Å²) >= 11 is 17.7. The molecule has 9 nitrogen and oxygen atoms in total. The number of nitrogens with two attached hydrogens (primary N) is 1. The third kappa shape index (κ3) is 5.20. The molecule has 30 heavy (non-hydrogen) atoms. The summed E-state index contributed by atoms with van der Waals surface area (Å²) in [6.07, 6.45) is 1.19. The van der Waals surface area contributed by atoms with Crippen molar-refractivity contribution < 1.29 is 9.59 Å². The van der Waals surface area contributed by atoms with Crippen molar-refractivity contribution in [1.29, 1.82) is 0 Å². The Labute approximate surface area is 185 Å². The van der Waals surface area contributed by atoms with Gasteiger partial charge in [-0.3, -0.25) is 31.3 Å². The molecule has 0 unspecified atom stereocenters. The lowest BCUT2D eigenvalue weighted by Gasteiger charge is -2.14. The third-order valence-electron chi connectivity index (χ3n) is 3.74. The van der Waals surface area contributed by atoms with Crippen LogP contribution in [0.5, 0.6) is 0 Å². The lowest BCUT2D eigenvalue weighted by Crippen LogP contribution is -2.32. The molecular formula is C18H14Cl3N7O2. The third-order valence-corrected chi connectivity index (χ3v) is 4.52. The first kappa shape index (κ1) is 21.4. The fourth-order valence-electron chi connectivity index (χ4n) is 2.27. The summed E-state index contributed by atoms with van der Waals surface area (Å²) in [5, 5.41) is 1.01. The van der Waals surface area contributed by atoms with Crippen LogP contribution in [0.4, 0.5) is 17.3 Å². The minimum Gasteiger partial charge on any atom is -0.393 e. The van der Waals surface area contributed by atoms with Crippen molar-refractivity contribution in [2.75, 3.05) is 16.6 Å². The predicted molar refractivity (Wildman–Crippen MR) is 117 cm³/mol. The molecule has 0 saturated carbocycles. The van der Waals surface area contributed by atoms with Crippen molar-refractivity contribution in [2.45, 2.75) is 0 Å². The second kappa shape index (κ2) is 9.49. The number of hydrogen-bond donors (Lipinski definition) is 5. The molecule has 6 N–H and O–H groups in total. The molecule has 2 aromatic carbocycles. The van der Waals surface area contributed by atoms with E-state index in [2.05, 4.69) is 31.7 Å². The molecule has 0 radical (unpaired) electrons. The number of carbonyl (C=O) groups is 2. The van der Waals surface area contributed by atoms with E-state index in [4.69, 9.17) is 40.5 Å². The topological polar surface area (TPSA) is 134 Å². The van der Waals surface area contributed by atoms with Gasteiger partial charge >= 0.3 is 0 Å². The second-order valence-electron chi connectivity index (χ2n) is 5.78. The first-order valence-corrected chi connectivity index (χ1v) is 9.42. The summed E-state index contributed by atoms with van der Waals surface area (Å²) < 4.78 is 0. The van der Waals surface area contributed by atoms with Gasteiger partial charge in [0.05, 0.1) is 10.6 Å². The van der Waals surface area contributed by atoms with Crippen LogP contribution in [-0.2, 0) is 0 Å². The maximum atomic E-state index is 12.3. The van der Waals surface area contributed by atoms with Gasteiger partial charge in [0.2, 0.25) is 0 Å². The van der Waals surface area contributed by atoms with Gasteiger partial charge in [-0.1, -0.05) is 40.9 Å². The Balaban J connectivity index is 1.64. The summed E-state index contributed by atoms with van der Waals surface area (Å²) in [6, 6.07) is 10.9. The Morgan fingerprint density at radius 3 is 2.10 bits per heavy atom. The first-order chi connectivity index (χ1) is 14.3. The molecule has 1 aromatic heterocycles. The summed E-state index contributed by atoms with van der Waals surface area (Å²) in [5.74, 6) is -0.765. The van der Waals surface area contributed by atoms with Gasteiger partial charge in [0.1, 0.15) is 12.0 Å². The molecule has 0 aliphatic carbocycles. The number of amides is 2. The Morgan fingerprint density at radius 1 is 0.833 bits per heavy atom. The highest BCUT2D eigenvalue weighted by atomic mass is 35.5. The van der Waals surface area contributed by atoms with Gasteiger partial charge in [0.15, 0.2) is 11.6 Å². The van der Waals surface area contributed by atoms with Gasteiger partial charge < -0.3 is 5.73 Å². The van der Waals surface area contributed by atoms with E-state index in [-0.39, 0.29) is 27.9 Å². The molecule has 2 amide bonds. The average molecular weight is 467 g/mol. The molecule has 3 rings (SSSR count). The lowest BCUT2D eigenvalue weighted by atomic mass is 10.2. The summed E-state index contributed by atoms with van der Waals surface area (Å²) in [7, 11) is 0. The van der Waals surface area contributed by atoms with Gasteiger partial charge in [0.25, 0.3) is 11.8 Å². The van der Waals surface area contributed by atoms with Crippen LogP contribution in [0, 0.1) is 0 Å². The smallest absolute Gasteiger partial charge is 0.271 e. The van der Waals surface area contributed by atoms with Crippen molar-refractivity contribution in [3.63, 3.8) is 0 Å². The van der Waals surface area contributed by atoms with Crippen molar-refractivity contribution in [3.05, 3.63) is 75.0 Å². The number of benzene rings is 2. The number of halogens is 3. The van der Waals surface area contributed by atoms with E-state index >= 15 is 0 Å². The minimum absolute atomic E-state index is 0.0476. The number of anilines is 3. The largest absolute Gasteiger partial charge is 0.393 e. The number of nitrogen functional groups attached to an aromatic ring is 1. The number of hydrogen-bond acceptors (Lipinski definition) is 7. The maximum absolute atomic E-state index is 12.3. The molecule has 12 heteroatoms. The standard InChI is InChI=1S/C18H14Cl3N7O2/c19-10-3-1-2-9(6-10)17(29)27-25-15-14(22)16(24-8-23-15)26-28-18(30)12-5-4-11(20)7-13(12)21/h1-8H,22H2,(H,27,29)(H,28,30)(H2,23,24,25,26). The van der Waals surface area contributed by atoms with Gasteiger partial charge in [-0.25, -0.2) is 9.97 Å². The zero-order chi connectivity index (χ0) is 21.7. The average Bonchev–Trinajstić information content (AvgIpc) is 2.71. The minimum atomic E-state index is -0.529. The predicted octanol–water partition coefficient (Wildman–Crippen LogP) is 3.53. The SMILES string of the molecule is Nc1c(NNC(=O)c2cccc(Cl)c2)ncnc1NNC(=O)c1ccc(Cl)cc1Cl. The van der Waals surface area contributed by atoms with Crippen LogP contribution in [0.1, 0.15) is 20.7 Å².